The van der Waals surface area contributed by atoms with Gasteiger partial charge in [0.2, 0.25) is 0 Å². The lowest BCUT2D eigenvalue weighted by Gasteiger charge is -2.18. The van der Waals surface area contributed by atoms with Crippen molar-refractivity contribution < 1.29 is 24.4 Å². The van der Waals surface area contributed by atoms with Crippen molar-refractivity contribution in [2.75, 3.05) is 30.4 Å². The lowest BCUT2D eigenvalue weighted by Crippen LogP contribution is -2.20. The summed E-state index contributed by atoms with van der Waals surface area (Å²) in [4.78, 5) is 36.7. The zero-order chi connectivity index (χ0) is 20.3. The third-order valence-electron chi connectivity index (χ3n) is 4.58. The highest BCUT2D eigenvalue weighted by Gasteiger charge is 2.24. The molecular weight excluding hydrogens is 366 g/mol. The molecule has 1 fully saturated rings. The van der Waals surface area contributed by atoms with Crippen LogP contribution in [0.25, 0.3) is 0 Å². The molecule has 0 aliphatic carbocycles. The van der Waals surface area contributed by atoms with Crippen molar-refractivity contribution in [1.29, 1.82) is 0 Å². The molecule has 0 unspecified atom stereocenters. The van der Waals surface area contributed by atoms with E-state index in [9.17, 15) is 19.7 Å². The summed E-state index contributed by atoms with van der Waals surface area (Å²) in [5, 5.41) is 23.2. The number of carboxylic acid groups (broad SMARTS) is 1. The average Bonchev–Trinajstić information content (AvgIpc) is 3.21. The molecule has 0 saturated carbocycles. The van der Waals surface area contributed by atoms with Crippen molar-refractivity contribution >= 4 is 28.9 Å². The van der Waals surface area contributed by atoms with Gasteiger partial charge in [-0.25, -0.2) is 4.79 Å². The van der Waals surface area contributed by atoms with Crippen LogP contribution in [0.15, 0.2) is 36.4 Å². The van der Waals surface area contributed by atoms with E-state index >= 15 is 0 Å². The summed E-state index contributed by atoms with van der Waals surface area (Å²) >= 11 is 0. The van der Waals surface area contributed by atoms with E-state index < -0.39 is 16.8 Å². The summed E-state index contributed by atoms with van der Waals surface area (Å²) in [6, 6.07) is 8.37. The Labute approximate surface area is 160 Å². The summed E-state index contributed by atoms with van der Waals surface area (Å²) in [7, 11) is 1.39. The Morgan fingerprint density at radius 1 is 1.14 bits per heavy atom. The number of hydrogen-bond acceptors (Lipinski definition) is 6. The first-order valence-corrected chi connectivity index (χ1v) is 8.67. The molecule has 28 heavy (non-hydrogen) atoms. The van der Waals surface area contributed by atoms with Gasteiger partial charge in [0.1, 0.15) is 11.4 Å². The molecule has 3 rings (SSSR count). The summed E-state index contributed by atoms with van der Waals surface area (Å²) < 4.78 is 5.14. The van der Waals surface area contributed by atoms with Crippen molar-refractivity contribution in [3.8, 4) is 5.75 Å². The van der Waals surface area contributed by atoms with Gasteiger partial charge in [-0.2, -0.15) is 0 Å². The molecule has 9 heteroatoms. The van der Waals surface area contributed by atoms with Gasteiger partial charge < -0.3 is 20.1 Å². The number of carbonyl (C=O) groups excluding carboxylic acids is 1. The van der Waals surface area contributed by atoms with Crippen LogP contribution in [0.4, 0.5) is 17.1 Å². The largest absolute Gasteiger partial charge is 0.495 e. The molecule has 2 N–H and O–H groups in total. The van der Waals surface area contributed by atoms with Crippen LogP contribution in [0.1, 0.15) is 33.6 Å². The van der Waals surface area contributed by atoms with Gasteiger partial charge in [-0.3, -0.25) is 14.9 Å². The number of nitro groups is 1. The number of aromatic carboxylic acids is 1. The van der Waals surface area contributed by atoms with Crippen LogP contribution in [0, 0.1) is 10.1 Å². The number of anilines is 2. The highest BCUT2D eigenvalue weighted by Crippen LogP contribution is 2.32. The number of nitrogens with zero attached hydrogens (tertiary/aromatic N) is 2. The molecule has 1 aliphatic heterocycles. The lowest BCUT2D eigenvalue weighted by atomic mass is 10.1. The number of methoxy groups -OCH3 is 1. The number of rotatable bonds is 6. The first-order valence-electron chi connectivity index (χ1n) is 8.67. The standard InChI is InChI=1S/C19H19N3O6/c1-28-17-7-5-13(19(24)25)10-14(17)20-18(23)12-4-6-15(16(11-12)22(26)27)21-8-2-3-9-21/h4-7,10-11H,2-3,8-9H2,1H3,(H,20,23)(H,24,25). The maximum Gasteiger partial charge on any atom is 0.335 e. The monoisotopic (exact) mass is 385 g/mol. The predicted octanol–water partition coefficient (Wildman–Crippen LogP) is 3.15. The summed E-state index contributed by atoms with van der Waals surface area (Å²) in [6.45, 7) is 1.48. The van der Waals surface area contributed by atoms with Crippen LogP contribution in [-0.2, 0) is 0 Å². The fourth-order valence-electron chi connectivity index (χ4n) is 3.17. The van der Waals surface area contributed by atoms with Crippen molar-refractivity contribution in [2.45, 2.75) is 12.8 Å². The van der Waals surface area contributed by atoms with Crippen LogP contribution in [0.3, 0.4) is 0 Å². The maximum absolute atomic E-state index is 12.6. The molecule has 1 amide bonds. The number of hydrogen-bond donors (Lipinski definition) is 2. The minimum atomic E-state index is -1.15. The Morgan fingerprint density at radius 2 is 1.82 bits per heavy atom. The predicted molar refractivity (Wildman–Crippen MR) is 102 cm³/mol. The number of nitro benzene ring substituents is 1. The van der Waals surface area contributed by atoms with Crippen LogP contribution < -0.4 is 15.0 Å². The first-order chi connectivity index (χ1) is 13.4. The third-order valence-corrected chi connectivity index (χ3v) is 4.58. The van der Waals surface area contributed by atoms with Gasteiger partial charge >= 0.3 is 5.97 Å². The van der Waals surface area contributed by atoms with Crippen LogP contribution >= 0.6 is 0 Å². The molecule has 0 spiro atoms. The van der Waals surface area contributed by atoms with Gasteiger partial charge in [-0.05, 0) is 43.2 Å². The van der Waals surface area contributed by atoms with E-state index in [0.717, 1.165) is 25.9 Å². The second-order valence-electron chi connectivity index (χ2n) is 6.33. The Hall–Kier alpha value is -3.62. The Morgan fingerprint density at radius 3 is 2.43 bits per heavy atom. The molecule has 2 aromatic carbocycles. The van der Waals surface area contributed by atoms with Gasteiger partial charge in [0.15, 0.2) is 0 Å². The van der Waals surface area contributed by atoms with Crippen LogP contribution in [0.2, 0.25) is 0 Å². The SMILES string of the molecule is COc1ccc(C(=O)O)cc1NC(=O)c1ccc(N2CCCC2)c([N+](=O)[O-])c1. The Balaban J connectivity index is 1.90. The van der Waals surface area contributed by atoms with Gasteiger partial charge in [-0.15, -0.1) is 0 Å². The minimum Gasteiger partial charge on any atom is -0.495 e. The second kappa shape index (κ2) is 7.95. The van der Waals surface area contributed by atoms with E-state index in [1.54, 1.807) is 6.07 Å². The Bertz CT molecular complexity index is 937. The van der Waals surface area contributed by atoms with E-state index in [-0.39, 0.29) is 28.3 Å². The smallest absolute Gasteiger partial charge is 0.335 e. The summed E-state index contributed by atoms with van der Waals surface area (Å²) in [6.07, 6.45) is 1.94. The lowest BCUT2D eigenvalue weighted by molar-refractivity contribution is -0.384. The van der Waals surface area contributed by atoms with Crippen molar-refractivity contribution in [2.24, 2.45) is 0 Å². The van der Waals surface area contributed by atoms with E-state index in [4.69, 9.17) is 9.84 Å². The second-order valence-corrected chi connectivity index (χ2v) is 6.33. The summed E-state index contributed by atoms with van der Waals surface area (Å²) in [5.41, 5.74) is 0.591. The molecule has 0 radical (unpaired) electrons. The van der Waals surface area contributed by atoms with Crippen LogP contribution in [0.5, 0.6) is 5.75 Å². The highest BCUT2D eigenvalue weighted by atomic mass is 16.6. The average molecular weight is 385 g/mol. The van der Waals surface area contributed by atoms with Crippen molar-refractivity contribution in [1.82, 2.24) is 0 Å². The first kappa shape index (κ1) is 19.2. The number of amides is 1. The highest BCUT2D eigenvalue weighted by molar-refractivity contribution is 6.06. The molecule has 1 aliphatic rings. The number of carbonyl (C=O) groups is 2. The van der Waals surface area contributed by atoms with Crippen molar-refractivity contribution in [3.05, 3.63) is 57.6 Å². The zero-order valence-electron chi connectivity index (χ0n) is 15.2. The van der Waals surface area contributed by atoms with E-state index in [2.05, 4.69) is 5.32 Å². The quantitative estimate of drug-likeness (QED) is 0.578. The van der Waals surface area contributed by atoms with Gasteiger partial charge in [0.05, 0.1) is 23.3 Å². The van der Waals surface area contributed by atoms with Crippen LogP contribution in [-0.4, -0.2) is 42.1 Å². The maximum atomic E-state index is 12.6. The number of benzene rings is 2. The molecule has 1 saturated heterocycles. The molecular formula is C19H19N3O6. The normalized spacial score (nSPS) is 13.2. The van der Waals surface area contributed by atoms with E-state index in [0.29, 0.717) is 5.69 Å². The number of nitrogens with one attached hydrogen (secondary N) is 1. The molecule has 146 valence electrons. The molecule has 0 aromatic heterocycles. The molecule has 0 atom stereocenters. The van der Waals surface area contributed by atoms with Gasteiger partial charge in [-0.1, -0.05) is 0 Å². The topological polar surface area (TPSA) is 122 Å². The van der Waals surface area contributed by atoms with Crippen molar-refractivity contribution in [3.63, 3.8) is 0 Å². The van der Waals surface area contributed by atoms with E-state index in [1.807, 2.05) is 4.90 Å². The zero-order valence-corrected chi connectivity index (χ0v) is 15.2. The van der Waals surface area contributed by atoms with Gasteiger partial charge in [0.25, 0.3) is 11.6 Å². The van der Waals surface area contributed by atoms with E-state index in [1.165, 1.54) is 37.4 Å². The third kappa shape index (κ3) is 3.88. The Kier molecular flexibility index (Phi) is 5.44. The minimum absolute atomic E-state index is 0.0218. The molecule has 2 aromatic rings. The molecule has 9 nitrogen and oxygen atoms in total. The summed E-state index contributed by atoms with van der Waals surface area (Å²) in [5.74, 6) is -1.47. The van der Waals surface area contributed by atoms with Gasteiger partial charge in [0, 0.05) is 24.7 Å². The molecule has 1 heterocycles. The number of carboxylic acids is 1. The fourth-order valence-corrected chi connectivity index (χ4v) is 3.17. The number of ether oxygens (including phenoxy) is 1. The fraction of sp³-hybridized carbons (Fsp3) is 0.263. The molecule has 0 bridgehead atoms.